The molecule has 0 spiro atoms. The van der Waals surface area contributed by atoms with Crippen LogP contribution in [0.1, 0.15) is 0 Å². The zero-order chi connectivity index (χ0) is 21.9. The lowest BCUT2D eigenvalue weighted by molar-refractivity contribution is 1.02. The summed E-state index contributed by atoms with van der Waals surface area (Å²) < 4.78 is 4.76. The Kier molecular flexibility index (Phi) is 3.80. The SMILES string of the molecule is Cn1c2cccc(-c3ccccc3)c2c2ccc3c(c4ccccc4n3-c3ccccc3)c21. The minimum absolute atomic E-state index is 1.19. The van der Waals surface area contributed by atoms with Gasteiger partial charge in [-0.25, -0.2) is 0 Å². The van der Waals surface area contributed by atoms with Crippen LogP contribution in [0, 0.1) is 0 Å². The number of para-hydroxylation sites is 2. The molecule has 2 heterocycles. The van der Waals surface area contributed by atoms with Crippen LogP contribution in [0.15, 0.2) is 115 Å². The molecule has 2 nitrogen and oxygen atoms in total. The number of fused-ring (bicyclic) bond motifs is 7. The van der Waals surface area contributed by atoms with Crippen LogP contribution < -0.4 is 0 Å². The lowest BCUT2D eigenvalue weighted by Gasteiger charge is -2.07. The zero-order valence-electron chi connectivity index (χ0n) is 18.4. The maximum Gasteiger partial charge on any atom is 0.0590 e. The minimum atomic E-state index is 1.19. The van der Waals surface area contributed by atoms with Gasteiger partial charge >= 0.3 is 0 Å². The molecule has 7 aromatic rings. The maximum atomic E-state index is 2.39. The fourth-order valence-corrected chi connectivity index (χ4v) is 5.53. The molecular formula is C31H22N2. The van der Waals surface area contributed by atoms with Gasteiger partial charge in [-0.1, -0.05) is 84.9 Å². The highest BCUT2D eigenvalue weighted by atomic mass is 15.0. The summed E-state index contributed by atoms with van der Waals surface area (Å²) in [5.41, 5.74) is 8.74. The molecule has 0 radical (unpaired) electrons. The van der Waals surface area contributed by atoms with E-state index in [1.54, 1.807) is 0 Å². The highest BCUT2D eigenvalue weighted by molar-refractivity contribution is 6.27. The summed E-state index contributed by atoms with van der Waals surface area (Å²) in [5.74, 6) is 0. The van der Waals surface area contributed by atoms with Crippen molar-refractivity contribution in [2.45, 2.75) is 0 Å². The number of benzene rings is 5. The Labute approximate surface area is 191 Å². The van der Waals surface area contributed by atoms with Gasteiger partial charge < -0.3 is 9.13 Å². The van der Waals surface area contributed by atoms with Gasteiger partial charge in [-0.15, -0.1) is 0 Å². The van der Waals surface area contributed by atoms with Crippen molar-refractivity contribution < 1.29 is 0 Å². The van der Waals surface area contributed by atoms with Crippen molar-refractivity contribution in [1.82, 2.24) is 9.13 Å². The first kappa shape index (κ1) is 18.3. The Morgan fingerprint density at radius 3 is 2.00 bits per heavy atom. The van der Waals surface area contributed by atoms with E-state index in [4.69, 9.17) is 0 Å². The van der Waals surface area contributed by atoms with Gasteiger partial charge in [0.2, 0.25) is 0 Å². The van der Waals surface area contributed by atoms with Gasteiger partial charge in [0.25, 0.3) is 0 Å². The second-order valence-electron chi connectivity index (χ2n) is 8.67. The van der Waals surface area contributed by atoms with E-state index in [-0.39, 0.29) is 0 Å². The molecule has 0 saturated carbocycles. The van der Waals surface area contributed by atoms with Gasteiger partial charge in [-0.2, -0.15) is 0 Å². The van der Waals surface area contributed by atoms with Crippen molar-refractivity contribution in [3.63, 3.8) is 0 Å². The van der Waals surface area contributed by atoms with Gasteiger partial charge in [0, 0.05) is 39.8 Å². The number of nitrogens with zero attached hydrogens (tertiary/aromatic N) is 2. The summed E-state index contributed by atoms with van der Waals surface area (Å²) in [6.07, 6.45) is 0. The second-order valence-corrected chi connectivity index (χ2v) is 8.67. The summed E-state index contributed by atoms with van der Waals surface area (Å²) in [6.45, 7) is 0. The van der Waals surface area contributed by atoms with E-state index < -0.39 is 0 Å². The van der Waals surface area contributed by atoms with Crippen LogP contribution in [-0.2, 0) is 7.05 Å². The average molecular weight is 423 g/mol. The van der Waals surface area contributed by atoms with Gasteiger partial charge in [-0.3, -0.25) is 0 Å². The monoisotopic (exact) mass is 422 g/mol. The molecule has 0 aliphatic rings. The average Bonchev–Trinajstić information content (AvgIpc) is 3.37. The van der Waals surface area contributed by atoms with Crippen molar-refractivity contribution in [2.75, 3.05) is 0 Å². The summed E-state index contributed by atoms with van der Waals surface area (Å²) in [5, 5.41) is 5.22. The molecule has 5 aromatic carbocycles. The van der Waals surface area contributed by atoms with Crippen molar-refractivity contribution in [1.29, 1.82) is 0 Å². The molecule has 0 atom stereocenters. The fourth-order valence-electron chi connectivity index (χ4n) is 5.53. The molecule has 33 heavy (non-hydrogen) atoms. The Morgan fingerprint density at radius 1 is 0.485 bits per heavy atom. The Balaban J connectivity index is 1.70. The van der Waals surface area contributed by atoms with Crippen LogP contribution in [0.2, 0.25) is 0 Å². The van der Waals surface area contributed by atoms with E-state index >= 15 is 0 Å². The largest absolute Gasteiger partial charge is 0.343 e. The first-order valence-electron chi connectivity index (χ1n) is 11.4. The van der Waals surface area contributed by atoms with Crippen molar-refractivity contribution in [3.05, 3.63) is 115 Å². The third-order valence-electron chi connectivity index (χ3n) is 6.92. The van der Waals surface area contributed by atoms with Crippen LogP contribution >= 0.6 is 0 Å². The van der Waals surface area contributed by atoms with Gasteiger partial charge in [0.05, 0.1) is 16.6 Å². The van der Waals surface area contributed by atoms with Crippen LogP contribution in [-0.4, -0.2) is 9.13 Å². The molecule has 0 saturated heterocycles. The number of rotatable bonds is 2. The van der Waals surface area contributed by atoms with E-state index in [2.05, 4.69) is 131 Å². The predicted octanol–water partition coefficient (Wildman–Crippen LogP) is 8.10. The second kappa shape index (κ2) is 6.85. The number of hydrogen-bond acceptors (Lipinski definition) is 0. The Morgan fingerprint density at radius 2 is 1.18 bits per heavy atom. The quantitative estimate of drug-likeness (QED) is 0.266. The van der Waals surface area contributed by atoms with Crippen molar-refractivity contribution in [3.8, 4) is 16.8 Å². The Hall–Kier alpha value is -4.30. The molecule has 0 aliphatic carbocycles. The molecule has 0 fully saturated rings. The molecule has 0 N–H and O–H groups in total. The van der Waals surface area contributed by atoms with Gasteiger partial charge in [0.15, 0.2) is 0 Å². The van der Waals surface area contributed by atoms with Crippen LogP contribution in [0.4, 0.5) is 0 Å². The fraction of sp³-hybridized carbons (Fsp3) is 0.0323. The summed E-state index contributed by atoms with van der Waals surface area (Å²) in [4.78, 5) is 0. The van der Waals surface area contributed by atoms with E-state index in [1.807, 2.05) is 0 Å². The lowest BCUT2D eigenvalue weighted by atomic mass is 9.99. The standard InChI is InChI=1S/C31H22N2/c1-32-27-18-10-16-23(21-11-4-2-5-12-21)29(27)25-19-20-28-30(31(25)32)24-15-8-9-17-26(24)33(28)22-13-6-3-7-14-22/h2-20H,1H3. The number of aryl methyl sites for hydroxylation is 1. The van der Waals surface area contributed by atoms with E-state index in [0.29, 0.717) is 0 Å². The topological polar surface area (TPSA) is 9.86 Å². The van der Waals surface area contributed by atoms with Crippen LogP contribution in [0.25, 0.3) is 60.4 Å². The van der Waals surface area contributed by atoms with Crippen molar-refractivity contribution in [2.24, 2.45) is 7.05 Å². The minimum Gasteiger partial charge on any atom is -0.343 e. The first-order chi connectivity index (χ1) is 16.3. The van der Waals surface area contributed by atoms with E-state index in [9.17, 15) is 0 Å². The molecule has 2 aromatic heterocycles. The molecule has 7 rings (SSSR count). The third-order valence-corrected chi connectivity index (χ3v) is 6.92. The maximum absolute atomic E-state index is 2.39. The van der Waals surface area contributed by atoms with E-state index in [1.165, 1.54) is 60.4 Å². The summed E-state index contributed by atoms with van der Waals surface area (Å²) in [6, 6.07) is 41.4. The van der Waals surface area contributed by atoms with Gasteiger partial charge in [-0.05, 0) is 41.5 Å². The predicted molar refractivity (Wildman–Crippen MR) is 140 cm³/mol. The number of hydrogen-bond donors (Lipinski definition) is 0. The third kappa shape index (κ3) is 2.49. The Bertz CT molecular complexity index is 1800. The summed E-state index contributed by atoms with van der Waals surface area (Å²) >= 11 is 0. The van der Waals surface area contributed by atoms with Crippen LogP contribution in [0.3, 0.4) is 0 Å². The first-order valence-corrected chi connectivity index (χ1v) is 11.4. The highest BCUT2D eigenvalue weighted by Crippen LogP contribution is 2.42. The molecule has 0 unspecified atom stereocenters. The summed E-state index contributed by atoms with van der Waals surface area (Å²) in [7, 11) is 2.20. The molecule has 0 aliphatic heterocycles. The zero-order valence-corrected chi connectivity index (χ0v) is 18.4. The van der Waals surface area contributed by atoms with Crippen LogP contribution in [0.5, 0.6) is 0 Å². The molecule has 156 valence electrons. The molecule has 0 bridgehead atoms. The van der Waals surface area contributed by atoms with E-state index in [0.717, 1.165) is 0 Å². The molecule has 2 heteroatoms. The molecule has 0 amide bonds. The number of aromatic nitrogens is 2. The smallest absolute Gasteiger partial charge is 0.0590 e. The lowest BCUT2D eigenvalue weighted by Crippen LogP contribution is -1.93. The highest BCUT2D eigenvalue weighted by Gasteiger charge is 2.20. The van der Waals surface area contributed by atoms with Gasteiger partial charge in [0.1, 0.15) is 0 Å². The normalized spacial score (nSPS) is 11.8. The van der Waals surface area contributed by atoms with Crippen molar-refractivity contribution >= 4 is 43.6 Å². The molecular weight excluding hydrogens is 400 g/mol.